The average molecular weight is 314 g/mol. The molecular weight excluding hydrogens is 296 g/mol. The Hall–Kier alpha value is -2.21. The zero-order chi connectivity index (χ0) is 15.7. The molecule has 0 saturated carbocycles. The first-order chi connectivity index (χ1) is 10.5. The number of carbonyl (C=O) groups is 1. The smallest absolute Gasteiger partial charge is 0.228 e. The molecule has 6 heteroatoms. The van der Waals surface area contributed by atoms with E-state index in [0.29, 0.717) is 13.0 Å². The van der Waals surface area contributed by atoms with Crippen LogP contribution in [-0.2, 0) is 17.8 Å². The molecule has 0 atom stereocenters. The van der Waals surface area contributed by atoms with Crippen molar-refractivity contribution in [1.82, 2.24) is 19.3 Å². The molecule has 0 aliphatic heterocycles. The predicted molar refractivity (Wildman–Crippen MR) is 87.0 cm³/mol. The highest BCUT2D eigenvalue weighted by Gasteiger charge is 2.14. The van der Waals surface area contributed by atoms with Gasteiger partial charge in [-0.3, -0.25) is 4.79 Å². The van der Waals surface area contributed by atoms with Crippen LogP contribution in [0.4, 0.5) is 0 Å². The number of thiazole rings is 1. The van der Waals surface area contributed by atoms with Gasteiger partial charge in [0.1, 0.15) is 10.7 Å². The van der Waals surface area contributed by atoms with Crippen LogP contribution in [-0.4, -0.2) is 32.2 Å². The Morgan fingerprint density at radius 2 is 2.23 bits per heavy atom. The highest BCUT2D eigenvalue weighted by Crippen LogP contribution is 2.14. The molecule has 22 heavy (non-hydrogen) atoms. The minimum Gasteiger partial charge on any atom is -0.339 e. The van der Waals surface area contributed by atoms with Crippen molar-refractivity contribution in [2.45, 2.75) is 26.8 Å². The molecule has 3 aromatic rings. The summed E-state index contributed by atoms with van der Waals surface area (Å²) in [7, 11) is 1.81. The molecule has 114 valence electrons. The first kappa shape index (κ1) is 14.7. The fraction of sp³-hybridized carbons (Fsp3) is 0.312. The zero-order valence-corrected chi connectivity index (χ0v) is 13.7. The highest BCUT2D eigenvalue weighted by molar-refractivity contribution is 7.09. The molecule has 0 aliphatic carbocycles. The topological polar surface area (TPSA) is 50.5 Å². The van der Waals surface area contributed by atoms with E-state index in [0.717, 1.165) is 27.6 Å². The molecule has 0 aliphatic rings. The number of nitrogens with zero attached hydrogens (tertiary/aromatic N) is 4. The number of hydrogen-bond acceptors (Lipinski definition) is 4. The lowest BCUT2D eigenvalue weighted by Gasteiger charge is -2.15. The van der Waals surface area contributed by atoms with Gasteiger partial charge in [-0.2, -0.15) is 0 Å². The van der Waals surface area contributed by atoms with Gasteiger partial charge in [0.15, 0.2) is 0 Å². The maximum Gasteiger partial charge on any atom is 0.228 e. The molecule has 0 bridgehead atoms. The number of carbonyl (C=O) groups excluding carboxylic acids is 1. The standard InChI is InChI=1S/C16H18N4OS/c1-11-5-4-6-20-13(8-17-16(11)20)7-15(21)19(3)9-14-18-12(2)10-22-14/h4-6,8,10H,7,9H2,1-3H3. The summed E-state index contributed by atoms with van der Waals surface area (Å²) in [6.07, 6.45) is 4.06. The van der Waals surface area contributed by atoms with Gasteiger partial charge >= 0.3 is 0 Å². The third-order valence-electron chi connectivity index (χ3n) is 3.60. The quantitative estimate of drug-likeness (QED) is 0.744. The second-order valence-electron chi connectivity index (χ2n) is 5.44. The second kappa shape index (κ2) is 5.88. The number of aryl methyl sites for hydroxylation is 2. The maximum atomic E-state index is 12.4. The molecule has 3 aromatic heterocycles. The van der Waals surface area contributed by atoms with E-state index >= 15 is 0 Å². The van der Waals surface area contributed by atoms with Crippen LogP contribution in [0.5, 0.6) is 0 Å². The van der Waals surface area contributed by atoms with E-state index < -0.39 is 0 Å². The summed E-state index contributed by atoms with van der Waals surface area (Å²) in [5.74, 6) is 0.0659. The Labute approximate surface area is 133 Å². The second-order valence-corrected chi connectivity index (χ2v) is 6.39. The summed E-state index contributed by atoms with van der Waals surface area (Å²) >= 11 is 1.59. The van der Waals surface area contributed by atoms with Crippen molar-refractivity contribution in [3.05, 3.63) is 51.9 Å². The first-order valence-corrected chi connectivity index (χ1v) is 7.99. The van der Waals surface area contributed by atoms with E-state index in [2.05, 4.69) is 9.97 Å². The molecule has 0 N–H and O–H groups in total. The van der Waals surface area contributed by atoms with Crippen molar-refractivity contribution in [2.24, 2.45) is 0 Å². The van der Waals surface area contributed by atoms with E-state index in [4.69, 9.17) is 0 Å². The molecule has 3 heterocycles. The Balaban J connectivity index is 1.74. The van der Waals surface area contributed by atoms with Gasteiger partial charge in [0.25, 0.3) is 0 Å². The van der Waals surface area contributed by atoms with Gasteiger partial charge in [-0.05, 0) is 25.5 Å². The fourth-order valence-corrected chi connectivity index (χ4v) is 3.21. The molecule has 0 unspecified atom stereocenters. The minimum atomic E-state index is 0.0659. The molecule has 3 rings (SSSR count). The van der Waals surface area contributed by atoms with Gasteiger partial charge in [0, 0.05) is 30.5 Å². The van der Waals surface area contributed by atoms with Crippen molar-refractivity contribution in [3.63, 3.8) is 0 Å². The summed E-state index contributed by atoms with van der Waals surface area (Å²) in [5.41, 5.74) is 3.92. The number of rotatable bonds is 4. The van der Waals surface area contributed by atoms with Crippen LogP contribution < -0.4 is 0 Å². The lowest BCUT2D eigenvalue weighted by Crippen LogP contribution is -2.28. The van der Waals surface area contributed by atoms with Crippen molar-refractivity contribution >= 4 is 22.9 Å². The summed E-state index contributed by atoms with van der Waals surface area (Å²) in [4.78, 5) is 22.9. The Bertz CT molecular complexity index is 821. The number of hydrogen-bond donors (Lipinski definition) is 0. The lowest BCUT2D eigenvalue weighted by molar-refractivity contribution is -0.129. The fourth-order valence-electron chi connectivity index (χ4n) is 2.39. The molecule has 0 radical (unpaired) electrons. The van der Waals surface area contributed by atoms with Crippen LogP contribution in [0.1, 0.15) is 22.0 Å². The lowest BCUT2D eigenvalue weighted by atomic mass is 10.2. The molecular formula is C16H18N4OS. The van der Waals surface area contributed by atoms with Crippen LogP contribution in [0.25, 0.3) is 5.65 Å². The van der Waals surface area contributed by atoms with Crippen LogP contribution in [0, 0.1) is 13.8 Å². The largest absolute Gasteiger partial charge is 0.339 e. The van der Waals surface area contributed by atoms with E-state index in [1.807, 2.05) is 49.0 Å². The van der Waals surface area contributed by atoms with E-state index in [9.17, 15) is 4.79 Å². The van der Waals surface area contributed by atoms with E-state index in [1.54, 1.807) is 22.4 Å². The van der Waals surface area contributed by atoms with Crippen molar-refractivity contribution in [1.29, 1.82) is 0 Å². The Kier molecular flexibility index (Phi) is 3.94. The van der Waals surface area contributed by atoms with Crippen molar-refractivity contribution in [2.75, 3.05) is 7.05 Å². The van der Waals surface area contributed by atoms with Gasteiger partial charge in [-0.25, -0.2) is 9.97 Å². The minimum absolute atomic E-state index is 0.0659. The van der Waals surface area contributed by atoms with Crippen LogP contribution in [0.2, 0.25) is 0 Å². The van der Waals surface area contributed by atoms with Crippen molar-refractivity contribution in [3.8, 4) is 0 Å². The van der Waals surface area contributed by atoms with Gasteiger partial charge < -0.3 is 9.30 Å². The third-order valence-corrected chi connectivity index (χ3v) is 4.56. The zero-order valence-electron chi connectivity index (χ0n) is 12.9. The molecule has 5 nitrogen and oxygen atoms in total. The van der Waals surface area contributed by atoms with E-state index in [-0.39, 0.29) is 5.91 Å². The Morgan fingerprint density at radius 3 is 2.95 bits per heavy atom. The number of aromatic nitrogens is 3. The first-order valence-electron chi connectivity index (χ1n) is 7.11. The molecule has 0 saturated heterocycles. The monoisotopic (exact) mass is 314 g/mol. The molecule has 0 fully saturated rings. The third kappa shape index (κ3) is 2.87. The normalized spacial score (nSPS) is 11.0. The van der Waals surface area contributed by atoms with Crippen LogP contribution in [0.15, 0.2) is 29.9 Å². The number of likely N-dealkylation sites (N-methyl/N-ethyl adjacent to an activating group) is 1. The summed E-state index contributed by atoms with van der Waals surface area (Å²) < 4.78 is 1.98. The SMILES string of the molecule is Cc1csc(CN(C)C(=O)Cc2cnc3c(C)cccn23)n1. The average Bonchev–Trinajstić information content (AvgIpc) is 3.07. The summed E-state index contributed by atoms with van der Waals surface area (Å²) in [6, 6.07) is 3.99. The van der Waals surface area contributed by atoms with Crippen LogP contribution >= 0.6 is 11.3 Å². The van der Waals surface area contributed by atoms with Crippen molar-refractivity contribution < 1.29 is 4.79 Å². The number of fused-ring (bicyclic) bond motifs is 1. The number of pyridine rings is 1. The van der Waals surface area contributed by atoms with Crippen LogP contribution in [0.3, 0.4) is 0 Å². The van der Waals surface area contributed by atoms with Gasteiger partial charge in [-0.15, -0.1) is 11.3 Å². The predicted octanol–water partition coefficient (Wildman–Crippen LogP) is 2.61. The number of imidazole rings is 1. The van der Waals surface area contributed by atoms with Gasteiger partial charge in [0.05, 0.1) is 18.7 Å². The maximum absolute atomic E-state index is 12.4. The molecule has 0 aromatic carbocycles. The van der Waals surface area contributed by atoms with Gasteiger partial charge in [-0.1, -0.05) is 6.07 Å². The highest BCUT2D eigenvalue weighted by atomic mass is 32.1. The van der Waals surface area contributed by atoms with Gasteiger partial charge in [0.2, 0.25) is 5.91 Å². The molecule has 1 amide bonds. The van der Waals surface area contributed by atoms with E-state index in [1.165, 1.54) is 0 Å². The Morgan fingerprint density at radius 1 is 1.41 bits per heavy atom. The summed E-state index contributed by atoms with van der Waals surface area (Å²) in [5, 5.41) is 2.96. The number of amides is 1. The molecule has 0 spiro atoms. The summed E-state index contributed by atoms with van der Waals surface area (Å²) in [6.45, 7) is 4.53.